The molecule has 5 nitrogen and oxygen atoms in total. The number of nitrogens with two attached hydrogens (primary N) is 1. The first kappa shape index (κ1) is 20.4. The first-order valence-electron chi connectivity index (χ1n) is 9.92. The third-order valence-corrected chi connectivity index (χ3v) is 6.27. The molecule has 2 aliphatic rings. The molecule has 0 aromatic heterocycles. The van der Waals surface area contributed by atoms with Gasteiger partial charge in [0.15, 0.2) is 11.3 Å². The Morgan fingerprint density at radius 3 is 2.53 bits per heavy atom. The first-order chi connectivity index (χ1) is 14.4. The second-order valence-corrected chi connectivity index (χ2v) is 8.32. The van der Waals surface area contributed by atoms with E-state index in [1.165, 1.54) is 0 Å². The summed E-state index contributed by atoms with van der Waals surface area (Å²) in [4.78, 5) is 26.0. The molecule has 0 amide bonds. The highest BCUT2D eigenvalue weighted by atomic mass is 31.0. The first-order valence-corrected chi connectivity index (χ1v) is 10.5. The van der Waals surface area contributed by atoms with Crippen LogP contribution in [0.5, 0.6) is 5.75 Å². The molecule has 1 heterocycles. The molecule has 0 spiro atoms. The van der Waals surface area contributed by atoms with Crippen molar-refractivity contribution < 1.29 is 14.3 Å². The zero-order valence-electron chi connectivity index (χ0n) is 17.1. The standard InChI is InChI=1S/C24H25N2O3P/c1-13-21(24(28)30)22(15-8-9-17(25)20(12-15)29-2)23-18(26-13)10-16(11-19(23)27)14-6-4-3-5-7-14/h3-9,12,16,22,26H,10-11,25,30H2,1-2H3. The molecule has 0 bridgehead atoms. The van der Waals surface area contributed by atoms with Gasteiger partial charge in [-0.2, -0.15) is 0 Å². The molecule has 154 valence electrons. The van der Waals surface area contributed by atoms with Gasteiger partial charge in [-0.1, -0.05) is 45.6 Å². The van der Waals surface area contributed by atoms with Gasteiger partial charge in [0, 0.05) is 34.9 Å². The fraction of sp³-hybridized carbons (Fsp3) is 0.250. The Morgan fingerprint density at radius 2 is 1.87 bits per heavy atom. The number of rotatable bonds is 4. The van der Waals surface area contributed by atoms with Crippen LogP contribution in [-0.4, -0.2) is 18.4 Å². The van der Waals surface area contributed by atoms with Crippen molar-refractivity contribution >= 4 is 26.2 Å². The number of carbonyl (C=O) groups is 2. The van der Waals surface area contributed by atoms with Gasteiger partial charge in [0.25, 0.3) is 0 Å². The van der Waals surface area contributed by atoms with E-state index in [-0.39, 0.29) is 17.2 Å². The van der Waals surface area contributed by atoms with Gasteiger partial charge < -0.3 is 15.8 Å². The number of ether oxygens (including phenoxy) is 1. The number of carbonyl (C=O) groups excluding carboxylic acids is 2. The lowest BCUT2D eigenvalue weighted by molar-refractivity contribution is -0.116. The molecule has 0 saturated carbocycles. The summed E-state index contributed by atoms with van der Waals surface area (Å²) in [7, 11) is 3.81. The summed E-state index contributed by atoms with van der Waals surface area (Å²) < 4.78 is 5.39. The van der Waals surface area contributed by atoms with Gasteiger partial charge in [0.05, 0.1) is 12.8 Å². The van der Waals surface area contributed by atoms with Crippen molar-refractivity contribution in [2.45, 2.75) is 31.6 Å². The molecule has 6 heteroatoms. The van der Waals surface area contributed by atoms with Crippen LogP contribution in [-0.2, 0) is 9.59 Å². The molecule has 0 saturated heterocycles. The van der Waals surface area contributed by atoms with Crippen LogP contribution in [0, 0.1) is 0 Å². The van der Waals surface area contributed by atoms with E-state index < -0.39 is 5.92 Å². The molecule has 0 radical (unpaired) electrons. The van der Waals surface area contributed by atoms with Crippen molar-refractivity contribution in [1.29, 1.82) is 0 Å². The van der Waals surface area contributed by atoms with Crippen LogP contribution in [0.15, 0.2) is 71.1 Å². The van der Waals surface area contributed by atoms with E-state index in [1.54, 1.807) is 13.2 Å². The van der Waals surface area contributed by atoms with Crippen LogP contribution in [0.25, 0.3) is 0 Å². The molecule has 2 aromatic rings. The molecule has 4 rings (SSSR count). The van der Waals surface area contributed by atoms with Crippen molar-refractivity contribution in [2.24, 2.45) is 0 Å². The van der Waals surface area contributed by atoms with Gasteiger partial charge in [0.2, 0.25) is 0 Å². The summed E-state index contributed by atoms with van der Waals surface area (Å²) in [5.41, 5.74) is 11.3. The number of hydrogen-bond acceptors (Lipinski definition) is 5. The van der Waals surface area contributed by atoms with Crippen LogP contribution in [0.4, 0.5) is 5.69 Å². The Labute approximate surface area is 178 Å². The highest BCUT2D eigenvalue weighted by Gasteiger charge is 2.40. The van der Waals surface area contributed by atoms with E-state index >= 15 is 0 Å². The van der Waals surface area contributed by atoms with Crippen LogP contribution in [0.1, 0.15) is 42.7 Å². The number of methoxy groups -OCH3 is 1. The number of nitrogens with one attached hydrogen (secondary N) is 1. The monoisotopic (exact) mass is 420 g/mol. The third-order valence-electron chi connectivity index (χ3n) is 5.95. The van der Waals surface area contributed by atoms with Crippen molar-refractivity contribution in [3.05, 3.63) is 82.2 Å². The van der Waals surface area contributed by atoms with Crippen LogP contribution >= 0.6 is 9.24 Å². The predicted molar refractivity (Wildman–Crippen MR) is 121 cm³/mol. The largest absolute Gasteiger partial charge is 0.495 e. The number of nitrogen functional groups attached to an aromatic ring is 1. The second kappa shape index (κ2) is 8.08. The number of ketones is 1. The number of Topliss-reactive ketones (excluding diaryl/α,β-unsaturated/α-hetero) is 1. The van der Waals surface area contributed by atoms with Crippen molar-refractivity contribution in [2.75, 3.05) is 12.8 Å². The minimum Gasteiger partial charge on any atom is -0.495 e. The number of dihydropyridines is 1. The Bertz CT molecular complexity index is 1090. The summed E-state index contributed by atoms with van der Waals surface area (Å²) in [5, 5.41) is 3.37. The Morgan fingerprint density at radius 1 is 1.13 bits per heavy atom. The van der Waals surface area contributed by atoms with Crippen LogP contribution in [0.2, 0.25) is 0 Å². The average Bonchev–Trinajstić information content (AvgIpc) is 2.73. The topological polar surface area (TPSA) is 81.4 Å². The van der Waals surface area contributed by atoms with Crippen molar-refractivity contribution in [3.8, 4) is 5.75 Å². The van der Waals surface area contributed by atoms with E-state index in [2.05, 4.69) is 26.7 Å². The predicted octanol–water partition coefficient (Wildman–Crippen LogP) is 4.04. The zero-order valence-corrected chi connectivity index (χ0v) is 18.2. The highest BCUT2D eigenvalue weighted by molar-refractivity contribution is 7.41. The normalized spacial score (nSPS) is 21.2. The maximum Gasteiger partial charge on any atom is 0.176 e. The summed E-state index contributed by atoms with van der Waals surface area (Å²) in [6, 6.07) is 15.6. The van der Waals surface area contributed by atoms with Crippen LogP contribution < -0.4 is 15.8 Å². The molecule has 1 aliphatic heterocycles. The molecule has 3 N–H and O–H groups in total. The molecule has 2 aromatic carbocycles. The highest BCUT2D eigenvalue weighted by Crippen LogP contribution is 2.46. The second-order valence-electron chi connectivity index (χ2n) is 7.79. The third kappa shape index (κ3) is 3.54. The SMILES string of the molecule is COc1cc(C2C(C(=O)P)=C(C)NC3=C2C(=O)CC(c2ccccc2)C3)ccc1N. The lowest BCUT2D eigenvalue weighted by Gasteiger charge is -2.37. The lowest BCUT2D eigenvalue weighted by Crippen LogP contribution is -2.35. The summed E-state index contributed by atoms with van der Waals surface area (Å²) in [6.45, 7) is 1.89. The molecule has 3 unspecified atom stereocenters. The van der Waals surface area contributed by atoms with Crippen molar-refractivity contribution in [1.82, 2.24) is 5.32 Å². The van der Waals surface area contributed by atoms with Gasteiger partial charge in [-0.15, -0.1) is 0 Å². The van der Waals surface area contributed by atoms with E-state index in [9.17, 15) is 9.59 Å². The summed E-state index contributed by atoms with van der Waals surface area (Å²) in [5.74, 6) is 0.277. The van der Waals surface area contributed by atoms with Crippen molar-refractivity contribution in [3.63, 3.8) is 0 Å². The Hall–Kier alpha value is -2.91. The quantitative estimate of drug-likeness (QED) is 0.576. The molecule has 1 aliphatic carbocycles. The number of benzene rings is 2. The van der Waals surface area contributed by atoms with E-state index in [1.807, 2.05) is 37.3 Å². The molecule has 3 atom stereocenters. The molecule has 0 fully saturated rings. The fourth-order valence-corrected chi connectivity index (χ4v) is 4.95. The van der Waals surface area contributed by atoms with E-state index in [0.29, 0.717) is 29.0 Å². The van der Waals surface area contributed by atoms with Gasteiger partial charge >= 0.3 is 0 Å². The Balaban J connectivity index is 1.83. The lowest BCUT2D eigenvalue weighted by atomic mass is 9.72. The zero-order chi connectivity index (χ0) is 21.4. The minimum absolute atomic E-state index is 0.0645. The smallest absolute Gasteiger partial charge is 0.176 e. The number of anilines is 1. The fourth-order valence-electron chi connectivity index (χ4n) is 4.57. The maximum absolute atomic E-state index is 13.4. The number of allylic oxidation sites excluding steroid dienone is 4. The molecule has 30 heavy (non-hydrogen) atoms. The minimum atomic E-state index is -0.440. The van der Waals surface area contributed by atoms with Gasteiger partial charge in [0.1, 0.15) is 5.75 Å². The van der Waals surface area contributed by atoms with Gasteiger partial charge in [-0.3, -0.25) is 9.59 Å². The Kier molecular flexibility index (Phi) is 5.48. The van der Waals surface area contributed by atoms with Gasteiger partial charge in [-0.05, 0) is 42.5 Å². The van der Waals surface area contributed by atoms with Gasteiger partial charge in [-0.25, -0.2) is 0 Å². The average molecular weight is 420 g/mol. The summed E-state index contributed by atoms with van der Waals surface area (Å²) >= 11 is 0. The summed E-state index contributed by atoms with van der Waals surface area (Å²) in [6.07, 6.45) is 1.15. The molecular weight excluding hydrogens is 395 g/mol. The van der Waals surface area contributed by atoms with Crippen LogP contribution in [0.3, 0.4) is 0 Å². The molecular formula is C24H25N2O3P. The maximum atomic E-state index is 13.4. The number of hydrogen-bond donors (Lipinski definition) is 2. The van der Waals surface area contributed by atoms with E-state index in [4.69, 9.17) is 10.5 Å². The van der Waals surface area contributed by atoms with E-state index in [0.717, 1.165) is 28.9 Å².